The number of carbonyl (C=O) groups is 1. The summed E-state index contributed by atoms with van der Waals surface area (Å²) >= 11 is 0. The minimum atomic E-state index is -0.581. The van der Waals surface area contributed by atoms with Gasteiger partial charge in [-0.2, -0.15) is 10.2 Å². The quantitative estimate of drug-likeness (QED) is 0.602. The molecular weight excluding hydrogens is 394 g/mol. The molecule has 0 fully saturated rings. The zero-order chi connectivity index (χ0) is 22.6. The van der Waals surface area contributed by atoms with Crippen molar-refractivity contribution in [3.63, 3.8) is 0 Å². The summed E-state index contributed by atoms with van der Waals surface area (Å²) in [7, 11) is 0. The van der Waals surface area contributed by atoms with Gasteiger partial charge in [0.25, 0.3) is 0 Å². The second-order valence-corrected chi connectivity index (χ2v) is 7.77. The molecule has 8 nitrogen and oxygen atoms in total. The fourth-order valence-corrected chi connectivity index (χ4v) is 2.92. The number of hydrogen-bond acceptors (Lipinski definition) is 7. The van der Waals surface area contributed by atoms with E-state index in [1.807, 2.05) is 64.1 Å². The highest BCUT2D eigenvalue weighted by molar-refractivity contribution is 5.79. The van der Waals surface area contributed by atoms with Crippen molar-refractivity contribution in [2.24, 2.45) is 0 Å². The summed E-state index contributed by atoms with van der Waals surface area (Å²) in [6, 6.07) is 14.7. The van der Waals surface area contributed by atoms with Crippen LogP contribution in [0, 0.1) is 11.3 Å². The van der Waals surface area contributed by atoms with Crippen molar-refractivity contribution < 1.29 is 14.3 Å². The van der Waals surface area contributed by atoms with Gasteiger partial charge in [-0.1, -0.05) is 12.1 Å². The first kappa shape index (κ1) is 21.7. The smallest absolute Gasteiger partial charge is 0.418 e. The Morgan fingerprint density at radius 1 is 1.26 bits per heavy atom. The third-order valence-electron chi connectivity index (χ3n) is 4.20. The highest BCUT2D eigenvalue weighted by Gasteiger charge is 2.20. The lowest BCUT2D eigenvalue weighted by Gasteiger charge is -2.20. The molecule has 1 aromatic carbocycles. The first-order valence-corrected chi connectivity index (χ1v) is 9.83. The molecule has 0 amide bonds. The van der Waals surface area contributed by atoms with Crippen LogP contribution in [0.1, 0.15) is 33.3 Å². The maximum Gasteiger partial charge on any atom is 0.418 e. The van der Waals surface area contributed by atoms with E-state index in [2.05, 4.69) is 10.3 Å². The molecule has 0 saturated carbocycles. The molecule has 0 spiro atoms. The van der Waals surface area contributed by atoms with Crippen molar-refractivity contribution in [3.8, 4) is 23.2 Å². The standard InChI is InChI=1S/C23H25N5O3/c1-5-30-21-17(14-24)18(25)13-20(27-21)26-16-10-8-15(9-11-16)19-7-6-12-28(19)22(29)31-23(2,3)4/h6-13H,5H2,1-4H3,(H3,25,26,27). The predicted octanol–water partition coefficient (Wildman–Crippen LogP) is 4.93. The third kappa shape index (κ3) is 5.14. The second kappa shape index (κ2) is 8.79. The fraction of sp³-hybridized carbons (Fsp3) is 0.261. The first-order valence-electron chi connectivity index (χ1n) is 9.83. The van der Waals surface area contributed by atoms with Crippen LogP contribution in [0.15, 0.2) is 48.7 Å². The minimum Gasteiger partial charge on any atom is -0.477 e. The van der Waals surface area contributed by atoms with Gasteiger partial charge in [-0.15, -0.1) is 0 Å². The molecule has 160 valence electrons. The van der Waals surface area contributed by atoms with Crippen LogP contribution >= 0.6 is 0 Å². The highest BCUT2D eigenvalue weighted by atomic mass is 16.6. The molecule has 3 aromatic rings. The SMILES string of the molecule is CCOc1nc(Nc2ccc(-c3cccn3C(=O)OC(C)(C)C)cc2)cc(N)c1C#N. The van der Waals surface area contributed by atoms with E-state index in [4.69, 9.17) is 15.2 Å². The van der Waals surface area contributed by atoms with Crippen LogP contribution in [0.25, 0.3) is 11.3 Å². The van der Waals surface area contributed by atoms with Crippen LogP contribution in [0.2, 0.25) is 0 Å². The Morgan fingerprint density at radius 3 is 2.58 bits per heavy atom. The van der Waals surface area contributed by atoms with Gasteiger partial charge in [0, 0.05) is 18.0 Å². The summed E-state index contributed by atoms with van der Waals surface area (Å²) in [5.41, 5.74) is 8.22. The first-order chi connectivity index (χ1) is 14.7. The number of ether oxygens (including phenoxy) is 2. The van der Waals surface area contributed by atoms with Crippen molar-refractivity contribution in [2.45, 2.75) is 33.3 Å². The number of nitrogens with two attached hydrogens (primary N) is 1. The van der Waals surface area contributed by atoms with Gasteiger partial charge in [-0.3, -0.25) is 4.57 Å². The summed E-state index contributed by atoms with van der Waals surface area (Å²) in [5, 5.41) is 12.4. The largest absolute Gasteiger partial charge is 0.477 e. The number of aromatic nitrogens is 2. The molecule has 0 unspecified atom stereocenters. The highest BCUT2D eigenvalue weighted by Crippen LogP contribution is 2.28. The molecule has 0 bridgehead atoms. The lowest BCUT2D eigenvalue weighted by molar-refractivity contribution is 0.0540. The lowest BCUT2D eigenvalue weighted by Crippen LogP contribution is -2.27. The Bertz CT molecular complexity index is 1120. The summed E-state index contributed by atoms with van der Waals surface area (Å²) < 4.78 is 12.4. The summed E-state index contributed by atoms with van der Waals surface area (Å²) in [4.78, 5) is 16.8. The molecule has 31 heavy (non-hydrogen) atoms. The fourth-order valence-electron chi connectivity index (χ4n) is 2.92. The number of nitrogen functional groups attached to an aromatic ring is 1. The monoisotopic (exact) mass is 419 g/mol. The number of pyridine rings is 1. The van der Waals surface area contributed by atoms with E-state index in [1.165, 1.54) is 4.57 Å². The molecule has 0 atom stereocenters. The Morgan fingerprint density at radius 2 is 1.97 bits per heavy atom. The molecule has 2 heterocycles. The third-order valence-corrected chi connectivity index (χ3v) is 4.20. The molecule has 8 heteroatoms. The average Bonchev–Trinajstić information content (AvgIpc) is 3.17. The maximum absolute atomic E-state index is 12.5. The van der Waals surface area contributed by atoms with Crippen LogP contribution in [-0.4, -0.2) is 27.9 Å². The van der Waals surface area contributed by atoms with Gasteiger partial charge in [0.2, 0.25) is 5.88 Å². The zero-order valence-electron chi connectivity index (χ0n) is 18.0. The van der Waals surface area contributed by atoms with Crippen LogP contribution in [0.3, 0.4) is 0 Å². The number of anilines is 3. The molecule has 3 N–H and O–H groups in total. The van der Waals surface area contributed by atoms with E-state index in [-0.39, 0.29) is 17.1 Å². The average molecular weight is 419 g/mol. The number of rotatable bonds is 5. The van der Waals surface area contributed by atoms with Gasteiger partial charge in [-0.25, -0.2) is 4.79 Å². The lowest BCUT2D eigenvalue weighted by atomic mass is 10.1. The van der Waals surface area contributed by atoms with Gasteiger partial charge in [0.05, 0.1) is 18.0 Å². The van der Waals surface area contributed by atoms with Crippen LogP contribution < -0.4 is 15.8 Å². The summed E-state index contributed by atoms with van der Waals surface area (Å²) in [5.74, 6) is 0.657. The van der Waals surface area contributed by atoms with Gasteiger partial charge in [0.1, 0.15) is 23.1 Å². The number of nitrogens with one attached hydrogen (secondary N) is 1. The van der Waals surface area contributed by atoms with E-state index in [1.54, 1.807) is 18.3 Å². The number of benzene rings is 1. The van der Waals surface area contributed by atoms with E-state index in [0.29, 0.717) is 12.4 Å². The number of nitrogens with zero attached hydrogens (tertiary/aromatic N) is 3. The van der Waals surface area contributed by atoms with E-state index in [9.17, 15) is 10.1 Å². The minimum absolute atomic E-state index is 0.194. The second-order valence-electron chi connectivity index (χ2n) is 7.77. The summed E-state index contributed by atoms with van der Waals surface area (Å²) in [6.45, 7) is 7.67. The Kier molecular flexibility index (Phi) is 6.16. The van der Waals surface area contributed by atoms with Gasteiger partial charge >= 0.3 is 6.09 Å². The van der Waals surface area contributed by atoms with E-state index in [0.717, 1.165) is 16.9 Å². The molecule has 2 aromatic heterocycles. The maximum atomic E-state index is 12.5. The van der Waals surface area contributed by atoms with Crippen LogP contribution in [0.5, 0.6) is 5.88 Å². The normalized spacial score (nSPS) is 10.9. The Labute approximate surface area is 181 Å². The molecule has 0 aliphatic carbocycles. The summed E-state index contributed by atoms with van der Waals surface area (Å²) in [6.07, 6.45) is 1.24. The van der Waals surface area contributed by atoms with Crippen molar-refractivity contribution in [2.75, 3.05) is 17.7 Å². The van der Waals surface area contributed by atoms with Crippen LogP contribution in [-0.2, 0) is 4.74 Å². The number of nitriles is 1. The van der Waals surface area contributed by atoms with Gasteiger partial charge < -0.3 is 20.5 Å². The molecule has 0 aliphatic rings. The molecule has 3 rings (SSSR count). The molecule has 0 radical (unpaired) electrons. The zero-order valence-corrected chi connectivity index (χ0v) is 18.0. The Hall–Kier alpha value is -3.99. The van der Waals surface area contributed by atoms with Crippen molar-refractivity contribution in [1.29, 1.82) is 5.26 Å². The number of carbonyl (C=O) groups excluding carboxylic acids is 1. The van der Waals surface area contributed by atoms with Gasteiger partial charge in [0.15, 0.2) is 0 Å². The molecule has 0 saturated heterocycles. The number of hydrogen-bond donors (Lipinski definition) is 2. The van der Waals surface area contributed by atoms with Crippen LogP contribution in [0.4, 0.5) is 22.0 Å². The van der Waals surface area contributed by atoms with Crippen molar-refractivity contribution in [3.05, 3.63) is 54.2 Å². The topological polar surface area (TPSA) is 115 Å². The molecule has 0 aliphatic heterocycles. The Balaban J connectivity index is 1.82. The van der Waals surface area contributed by atoms with Gasteiger partial charge in [-0.05, 0) is 57.5 Å². The van der Waals surface area contributed by atoms with Crippen molar-refractivity contribution in [1.82, 2.24) is 9.55 Å². The van der Waals surface area contributed by atoms with E-state index >= 15 is 0 Å². The van der Waals surface area contributed by atoms with Crippen molar-refractivity contribution >= 4 is 23.3 Å². The predicted molar refractivity (Wildman–Crippen MR) is 119 cm³/mol. The molecular formula is C23H25N5O3. The van der Waals surface area contributed by atoms with E-state index < -0.39 is 11.7 Å².